The highest BCUT2D eigenvalue weighted by Gasteiger charge is 2.37. The maximum Gasteiger partial charge on any atom is 0.418 e. The number of alkyl halides is 4. The molecule has 1 aromatic carbocycles. The molecular weight excluding hydrogens is 291 g/mol. The SMILES string of the molecule is CC1OCCC1N(C)c1ccc(CCl)cc1C(F)(F)F. The minimum Gasteiger partial charge on any atom is -0.376 e. The van der Waals surface area contributed by atoms with E-state index in [-0.39, 0.29) is 23.7 Å². The van der Waals surface area contributed by atoms with Gasteiger partial charge in [-0.2, -0.15) is 13.2 Å². The van der Waals surface area contributed by atoms with Crippen LogP contribution in [0.4, 0.5) is 18.9 Å². The molecule has 1 fully saturated rings. The van der Waals surface area contributed by atoms with Crippen LogP contribution in [0.15, 0.2) is 18.2 Å². The fourth-order valence-corrected chi connectivity index (χ4v) is 2.77. The van der Waals surface area contributed by atoms with E-state index in [9.17, 15) is 13.2 Å². The first-order valence-electron chi connectivity index (χ1n) is 6.45. The van der Waals surface area contributed by atoms with E-state index in [2.05, 4.69) is 0 Å². The smallest absolute Gasteiger partial charge is 0.376 e. The van der Waals surface area contributed by atoms with Crippen molar-refractivity contribution < 1.29 is 17.9 Å². The third-order valence-corrected chi connectivity index (χ3v) is 4.04. The van der Waals surface area contributed by atoms with Crippen molar-refractivity contribution in [3.05, 3.63) is 29.3 Å². The Labute approximate surface area is 121 Å². The maximum atomic E-state index is 13.2. The third kappa shape index (κ3) is 3.04. The fourth-order valence-electron chi connectivity index (χ4n) is 2.61. The molecule has 0 radical (unpaired) electrons. The van der Waals surface area contributed by atoms with Crippen molar-refractivity contribution in [3.63, 3.8) is 0 Å². The van der Waals surface area contributed by atoms with E-state index in [1.807, 2.05) is 6.92 Å². The van der Waals surface area contributed by atoms with Crippen molar-refractivity contribution in [2.75, 3.05) is 18.6 Å². The molecule has 2 atom stereocenters. The van der Waals surface area contributed by atoms with Gasteiger partial charge in [0.15, 0.2) is 0 Å². The molecule has 1 aliphatic rings. The molecule has 0 aliphatic carbocycles. The second kappa shape index (κ2) is 5.82. The summed E-state index contributed by atoms with van der Waals surface area (Å²) in [4.78, 5) is 1.67. The Hall–Kier alpha value is -0.940. The van der Waals surface area contributed by atoms with Gasteiger partial charge >= 0.3 is 6.18 Å². The summed E-state index contributed by atoms with van der Waals surface area (Å²) >= 11 is 5.63. The van der Waals surface area contributed by atoms with Crippen LogP contribution in [-0.2, 0) is 16.8 Å². The zero-order valence-electron chi connectivity index (χ0n) is 11.4. The highest BCUT2D eigenvalue weighted by atomic mass is 35.5. The van der Waals surface area contributed by atoms with E-state index >= 15 is 0 Å². The quantitative estimate of drug-likeness (QED) is 0.781. The maximum absolute atomic E-state index is 13.2. The van der Waals surface area contributed by atoms with Crippen molar-refractivity contribution >= 4 is 17.3 Å². The predicted molar refractivity (Wildman–Crippen MR) is 73.2 cm³/mol. The fraction of sp³-hybridized carbons (Fsp3) is 0.571. The Bertz CT molecular complexity index is 478. The number of halogens is 4. The molecule has 112 valence electrons. The summed E-state index contributed by atoms with van der Waals surface area (Å²) in [5.41, 5.74) is -0.00201. The lowest BCUT2D eigenvalue weighted by Crippen LogP contribution is -2.37. The molecule has 0 aromatic heterocycles. The lowest BCUT2D eigenvalue weighted by molar-refractivity contribution is -0.137. The highest BCUT2D eigenvalue weighted by molar-refractivity contribution is 6.17. The van der Waals surface area contributed by atoms with Gasteiger partial charge in [-0.1, -0.05) is 6.07 Å². The van der Waals surface area contributed by atoms with Gasteiger partial charge in [-0.25, -0.2) is 0 Å². The minimum atomic E-state index is -4.39. The topological polar surface area (TPSA) is 12.5 Å². The first kappa shape index (κ1) is 15.4. The Balaban J connectivity index is 2.39. The molecule has 1 saturated heterocycles. The lowest BCUT2D eigenvalue weighted by atomic mass is 10.0. The highest BCUT2D eigenvalue weighted by Crippen LogP contribution is 2.38. The Morgan fingerprint density at radius 2 is 2.10 bits per heavy atom. The van der Waals surface area contributed by atoms with Crippen LogP contribution in [0.5, 0.6) is 0 Å². The number of rotatable bonds is 3. The molecule has 6 heteroatoms. The monoisotopic (exact) mass is 307 g/mol. The molecule has 1 heterocycles. The molecule has 0 N–H and O–H groups in total. The van der Waals surface area contributed by atoms with Gasteiger partial charge in [0.25, 0.3) is 0 Å². The van der Waals surface area contributed by atoms with Gasteiger partial charge in [-0.3, -0.25) is 0 Å². The number of benzene rings is 1. The van der Waals surface area contributed by atoms with Crippen LogP contribution < -0.4 is 4.90 Å². The van der Waals surface area contributed by atoms with Crippen LogP contribution in [-0.4, -0.2) is 25.8 Å². The van der Waals surface area contributed by atoms with Crippen LogP contribution in [0.1, 0.15) is 24.5 Å². The normalized spacial score (nSPS) is 23.1. The predicted octanol–water partition coefficient (Wildman–Crippen LogP) is 4.06. The van der Waals surface area contributed by atoms with Crippen LogP contribution in [0.3, 0.4) is 0 Å². The molecule has 1 aromatic rings. The van der Waals surface area contributed by atoms with Gasteiger partial charge in [0.05, 0.1) is 17.7 Å². The van der Waals surface area contributed by atoms with E-state index < -0.39 is 11.7 Å². The van der Waals surface area contributed by atoms with Crippen LogP contribution in [0.25, 0.3) is 0 Å². The van der Waals surface area contributed by atoms with E-state index in [1.165, 1.54) is 6.07 Å². The average Bonchev–Trinajstić information content (AvgIpc) is 2.82. The first-order chi connectivity index (χ1) is 9.34. The van der Waals surface area contributed by atoms with Crippen LogP contribution in [0, 0.1) is 0 Å². The Morgan fingerprint density at radius 1 is 1.40 bits per heavy atom. The molecule has 0 saturated carbocycles. The van der Waals surface area contributed by atoms with E-state index in [4.69, 9.17) is 16.3 Å². The van der Waals surface area contributed by atoms with Gasteiger partial charge < -0.3 is 9.64 Å². The second-order valence-corrected chi connectivity index (χ2v) is 5.29. The lowest BCUT2D eigenvalue weighted by Gasteiger charge is -2.31. The largest absolute Gasteiger partial charge is 0.418 e. The summed E-state index contributed by atoms with van der Waals surface area (Å²) in [6, 6.07) is 4.21. The van der Waals surface area contributed by atoms with Gasteiger partial charge in [-0.05, 0) is 31.0 Å². The van der Waals surface area contributed by atoms with E-state index in [0.29, 0.717) is 12.2 Å². The molecule has 2 unspecified atom stereocenters. The number of ether oxygens (including phenoxy) is 1. The summed E-state index contributed by atoms with van der Waals surface area (Å²) < 4.78 is 45.1. The summed E-state index contributed by atoms with van der Waals surface area (Å²) in [6.07, 6.45) is -3.74. The number of hydrogen-bond acceptors (Lipinski definition) is 2. The van der Waals surface area contributed by atoms with Gasteiger partial charge in [0.1, 0.15) is 0 Å². The molecule has 2 rings (SSSR count). The minimum absolute atomic E-state index is 0.0436. The summed E-state index contributed by atoms with van der Waals surface area (Å²) in [5, 5.41) is 0. The molecule has 2 nitrogen and oxygen atoms in total. The molecule has 0 bridgehead atoms. The van der Waals surface area contributed by atoms with Gasteiger partial charge in [0, 0.05) is 25.2 Å². The summed E-state index contributed by atoms with van der Waals surface area (Å²) in [6.45, 7) is 2.46. The number of anilines is 1. The van der Waals surface area contributed by atoms with Crippen LogP contribution >= 0.6 is 11.6 Å². The molecular formula is C14H17ClF3NO. The Morgan fingerprint density at radius 3 is 2.60 bits per heavy atom. The average molecular weight is 308 g/mol. The standard InChI is InChI=1S/C14H17ClF3NO/c1-9-12(5-6-20-9)19(2)13-4-3-10(8-15)7-11(13)14(16,17)18/h3-4,7,9,12H,5-6,8H2,1-2H3. The van der Waals surface area contributed by atoms with Crippen molar-refractivity contribution in [2.24, 2.45) is 0 Å². The molecule has 1 aliphatic heterocycles. The molecule has 0 spiro atoms. The zero-order chi connectivity index (χ0) is 14.9. The van der Waals surface area contributed by atoms with Crippen molar-refractivity contribution in [2.45, 2.75) is 37.5 Å². The number of likely N-dealkylation sites (N-methyl/N-ethyl adjacent to an activating group) is 1. The second-order valence-electron chi connectivity index (χ2n) is 5.03. The molecule has 0 amide bonds. The van der Waals surface area contributed by atoms with Crippen molar-refractivity contribution in [1.29, 1.82) is 0 Å². The van der Waals surface area contributed by atoms with Crippen molar-refractivity contribution in [3.8, 4) is 0 Å². The summed E-state index contributed by atoms with van der Waals surface area (Å²) in [5.74, 6) is 0.0655. The zero-order valence-corrected chi connectivity index (χ0v) is 12.1. The summed E-state index contributed by atoms with van der Waals surface area (Å²) in [7, 11) is 1.68. The van der Waals surface area contributed by atoms with E-state index in [1.54, 1.807) is 18.0 Å². The van der Waals surface area contributed by atoms with E-state index in [0.717, 1.165) is 12.5 Å². The third-order valence-electron chi connectivity index (χ3n) is 3.73. The van der Waals surface area contributed by atoms with Gasteiger partial charge in [-0.15, -0.1) is 11.6 Å². The first-order valence-corrected chi connectivity index (χ1v) is 6.98. The molecule has 20 heavy (non-hydrogen) atoms. The Kier molecular flexibility index (Phi) is 4.49. The van der Waals surface area contributed by atoms with Gasteiger partial charge in [0.2, 0.25) is 0 Å². The van der Waals surface area contributed by atoms with Crippen molar-refractivity contribution in [1.82, 2.24) is 0 Å². The number of nitrogens with zero attached hydrogens (tertiary/aromatic N) is 1. The number of hydrogen-bond donors (Lipinski definition) is 0. The van der Waals surface area contributed by atoms with Crippen LogP contribution in [0.2, 0.25) is 0 Å².